The second-order valence-electron chi connectivity index (χ2n) is 8.11. The van der Waals surface area contributed by atoms with E-state index in [-0.39, 0.29) is 5.41 Å². The third-order valence-electron chi connectivity index (χ3n) is 4.97. The highest BCUT2D eigenvalue weighted by atomic mass is 16.3. The number of aliphatic hydroxyl groups excluding tert-OH is 1. The van der Waals surface area contributed by atoms with E-state index in [2.05, 4.69) is 49.6 Å². The highest BCUT2D eigenvalue weighted by Gasteiger charge is 2.23. The molecular weight excluding hydrogens is 318 g/mol. The molecule has 0 saturated carbocycles. The van der Waals surface area contributed by atoms with Crippen LogP contribution in [-0.2, 0) is 5.41 Å². The van der Waals surface area contributed by atoms with Crippen LogP contribution in [0.5, 0.6) is 0 Å². The molecule has 2 nitrogen and oxygen atoms in total. The number of anilines is 1. The van der Waals surface area contributed by atoms with Crippen LogP contribution in [0, 0.1) is 11.8 Å². The van der Waals surface area contributed by atoms with E-state index in [1.54, 1.807) is 0 Å². The highest BCUT2D eigenvalue weighted by Crippen LogP contribution is 2.35. The molecule has 1 saturated heterocycles. The van der Waals surface area contributed by atoms with Gasteiger partial charge < -0.3 is 10.0 Å². The maximum atomic E-state index is 10.6. The van der Waals surface area contributed by atoms with Crippen molar-refractivity contribution in [2.45, 2.75) is 51.6 Å². The van der Waals surface area contributed by atoms with Crippen LogP contribution in [0.4, 0.5) is 5.69 Å². The zero-order chi connectivity index (χ0) is 18.6. The molecule has 3 rings (SSSR count). The summed E-state index contributed by atoms with van der Waals surface area (Å²) in [5, 5.41) is 10.6. The first-order valence-corrected chi connectivity index (χ1v) is 9.59. The lowest BCUT2D eigenvalue weighted by molar-refractivity contribution is 0.238. The topological polar surface area (TPSA) is 23.5 Å². The fraction of sp³-hybridized carbons (Fsp3) is 0.417. The Bertz CT molecular complexity index is 786. The maximum Gasteiger partial charge on any atom is 0.140 e. The van der Waals surface area contributed by atoms with Crippen molar-refractivity contribution in [2.75, 3.05) is 18.0 Å². The Balaban J connectivity index is 1.90. The molecule has 0 bridgehead atoms. The summed E-state index contributed by atoms with van der Waals surface area (Å²) in [4.78, 5) is 2.50. The van der Waals surface area contributed by atoms with E-state index in [9.17, 15) is 5.11 Å². The second kappa shape index (κ2) is 7.98. The average Bonchev–Trinajstić information content (AvgIpc) is 2.66. The molecule has 1 heterocycles. The van der Waals surface area contributed by atoms with Gasteiger partial charge in [-0.1, -0.05) is 56.9 Å². The predicted molar refractivity (Wildman–Crippen MR) is 109 cm³/mol. The van der Waals surface area contributed by atoms with E-state index in [0.717, 1.165) is 24.2 Å². The first kappa shape index (κ1) is 18.5. The fourth-order valence-corrected chi connectivity index (χ4v) is 3.49. The Hall–Kier alpha value is -2.24. The van der Waals surface area contributed by atoms with Crippen LogP contribution in [0.1, 0.15) is 62.8 Å². The fourth-order valence-electron chi connectivity index (χ4n) is 3.49. The summed E-state index contributed by atoms with van der Waals surface area (Å²) < 4.78 is 0. The van der Waals surface area contributed by atoms with Crippen molar-refractivity contribution in [3.8, 4) is 11.8 Å². The summed E-state index contributed by atoms with van der Waals surface area (Å²) in [7, 11) is 0. The monoisotopic (exact) mass is 347 g/mol. The van der Waals surface area contributed by atoms with Gasteiger partial charge in [0.25, 0.3) is 0 Å². The SMILES string of the molecule is CC(C)(C)c1cc(C(O)C#Cc2ccccc2)ccc1N1CCCCC1. The molecular formula is C24H29NO. The molecule has 1 aliphatic rings. The average molecular weight is 348 g/mol. The molecule has 1 fully saturated rings. The Morgan fingerprint density at radius 3 is 2.31 bits per heavy atom. The minimum atomic E-state index is -0.772. The van der Waals surface area contributed by atoms with Crippen molar-refractivity contribution in [3.63, 3.8) is 0 Å². The first-order valence-electron chi connectivity index (χ1n) is 9.59. The van der Waals surface area contributed by atoms with Gasteiger partial charge in [-0.2, -0.15) is 0 Å². The quantitative estimate of drug-likeness (QED) is 0.768. The van der Waals surface area contributed by atoms with Crippen LogP contribution in [0.25, 0.3) is 0 Å². The molecule has 0 spiro atoms. The Morgan fingerprint density at radius 1 is 0.962 bits per heavy atom. The second-order valence-corrected chi connectivity index (χ2v) is 8.11. The van der Waals surface area contributed by atoms with Gasteiger partial charge in [0.1, 0.15) is 6.10 Å². The zero-order valence-corrected chi connectivity index (χ0v) is 16.1. The number of benzene rings is 2. The smallest absolute Gasteiger partial charge is 0.140 e. The van der Waals surface area contributed by atoms with Crippen LogP contribution in [0.2, 0.25) is 0 Å². The van der Waals surface area contributed by atoms with Gasteiger partial charge in [0.2, 0.25) is 0 Å². The van der Waals surface area contributed by atoms with Gasteiger partial charge in [-0.25, -0.2) is 0 Å². The van der Waals surface area contributed by atoms with E-state index >= 15 is 0 Å². The molecule has 2 aromatic rings. The lowest BCUT2D eigenvalue weighted by atomic mass is 9.83. The Morgan fingerprint density at radius 2 is 1.65 bits per heavy atom. The zero-order valence-electron chi connectivity index (χ0n) is 16.1. The van der Waals surface area contributed by atoms with Gasteiger partial charge in [0.05, 0.1) is 0 Å². The number of hydrogen-bond acceptors (Lipinski definition) is 2. The Labute approximate surface area is 157 Å². The van der Waals surface area contributed by atoms with Crippen molar-refractivity contribution in [1.82, 2.24) is 0 Å². The minimum absolute atomic E-state index is 0.0232. The van der Waals surface area contributed by atoms with Crippen molar-refractivity contribution in [1.29, 1.82) is 0 Å². The summed E-state index contributed by atoms with van der Waals surface area (Å²) in [6.07, 6.45) is 3.08. The van der Waals surface area contributed by atoms with Gasteiger partial charge in [-0.15, -0.1) is 0 Å². The van der Waals surface area contributed by atoms with Gasteiger partial charge in [-0.05, 0) is 60.1 Å². The van der Waals surface area contributed by atoms with Crippen LogP contribution < -0.4 is 4.90 Å². The lowest BCUT2D eigenvalue weighted by Crippen LogP contribution is -2.32. The van der Waals surface area contributed by atoms with Gasteiger partial charge in [0, 0.05) is 24.3 Å². The predicted octanol–water partition coefficient (Wildman–Crippen LogP) is 5.06. The molecule has 2 aromatic carbocycles. The molecule has 136 valence electrons. The van der Waals surface area contributed by atoms with E-state index in [1.165, 1.54) is 30.5 Å². The largest absolute Gasteiger partial charge is 0.376 e. The Kier molecular flexibility index (Phi) is 5.69. The van der Waals surface area contributed by atoms with Crippen molar-refractivity contribution < 1.29 is 5.11 Å². The van der Waals surface area contributed by atoms with Crippen molar-refractivity contribution in [3.05, 3.63) is 65.2 Å². The highest BCUT2D eigenvalue weighted by molar-refractivity contribution is 5.58. The molecule has 1 aliphatic heterocycles. The molecule has 0 amide bonds. The number of rotatable bonds is 2. The van der Waals surface area contributed by atoms with Gasteiger partial charge in [0.15, 0.2) is 0 Å². The first-order chi connectivity index (χ1) is 12.4. The molecule has 2 heteroatoms. The van der Waals surface area contributed by atoms with E-state index in [4.69, 9.17) is 0 Å². The standard InChI is InChI=1S/C24H29NO/c1-24(2,3)21-18-20(13-14-22(21)25-16-8-5-9-17-25)23(26)15-12-19-10-6-4-7-11-19/h4,6-7,10-11,13-14,18,23,26H,5,8-9,16-17H2,1-3H3. The summed E-state index contributed by atoms with van der Waals surface area (Å²) in [5.74, 6) is 6.05. The normalized spacial score (nSPS) is 15.9. The molecule has 1 atom stereocenters. The number of nitrogens with zero attached hydrogens (tertiary/aromatic N) is 1. The number of piperidine rings is 1. The maximum absolute atomic E-state index is 10.6. The van der Waals surface area contributed by atoms with Gasteiger partial charge >= 0.3 is 0 Å². The van der Waals surface area contributed by atoms with Crippen molar-refractivity contribution in [2.24, 2.45) is 0 Å². The third kappa shape index (κ3) is 4.48. The molecule has 1 unspecified atom stereocenters. The lowest BCUT2D eigenvalue weighted by Gasteiger charge is -2.34. The van der Waals surface area contributed by atoms with Crippen molar-refractivity contribution >= 4 is 5.69 Å². The number of aliphatic hydroxyl groups is 1. The van der Waals surface area contributed by atoms with Crippen LogP contribution in [-0.4, -0.2) is 18.2 Å². The summed E-state index contributed by atoms with van der Waals surface area (Å²) in [5.41, 5.74) is 4.42. The van der Waals surface area contributed by atoms with Crippen LogP contribution >= 0.6 is 0 Å². The van der Waals surface area contributed by atoms with Gasteiger partial charge in [-0.3, -0.25) is 0 Å². The summed E-state index contributed by atoms with van der Waals surface area (Å²) >= 11 is 0. The molecule has 1 N–H and O–H groups in total. The molecule has 0 aliphatic carbocycles. The van der Waals surface area contributed by atoms with Crippen LogP contribution in [0.15, 0.2) is 48.5 Å². The van der Waals surface area contributed by atoms with E-state index in [1.807, 2.05) is 36.4 Å². The van der Waals surface area contributed by atoms with E-state index in [0.29, 0.717) is 0 Å². The molecule has 0 radical (unpaired) electrons. The van der Waals surface area contributed by atoms with Crippen LogP contribution in [0.3, 0.4) is 0 Å². The number of hydrogen-bond donors (Lipinski definition) is 1. The summed E-state index contributed by atoms with van der Waals surface area (Å²) in [6, 6.07) is 16.2. The minimum Gasteiger partial charge on any atom is -0.376 e. The third-order valence-corrected chi connectivity index (χ3v) is 4.97. The summed E-state index contributed by atoms with van der Waals surface area (Å²) in [6.45, 7) is 8.96. The van der Waals surface area contributed by atoms with E-state index < -0.39 is 6.10 Å². The molecule has 26 heavy (non-hydrogen) atoms. The molecule has 0 aromatic heterocycles.